The van der Waals surface area contributed by atoms with Gasteiger partial charge in [0.05, 0.1) is 5.37 Å². The fourth-order valence-electron chi connectivity index (χ4n) is 1.55. The summed E-state index contributed by atoms with van der Waals surface area (Å²) in [7, 11) is -4.02. The molecule has 78 valence electrons. The maximum absolute atomic E-state index is 11.1. The minimum Gasteiger partial charge on any atom is -0.323 e. The molecule has 0 spiro atoms. The van der Waals surface area contributed by atoms with Gasteiger partial charge in [0.1, 0.15) is 5.78 Å². The topological polar surface area (TPSA) is 69.6 Å². The molecule has 0 aromatic carbocycles. The summed E-state index contributed by atoms with van der Waals surface area (Å²) in [5.41, 5.74) is 0. The van der Waals surface area contributed by atoms with Crippen LogP contribution in [0.5, 0.6) is 0 Å². The minimum absolute atomic E-state index is 0.160. The molecule has 3 N–H and O–H groups in total. The number of hydrogen-bond acceptors (Lipinski definition) is 3. The number of hydrogen-bond donors (Lipinski definition) is 3. The van der Waals surface area contributed by atoms with Crippen molar-refractivity contribution in [2.24, 2.45) is 0 Å². The molecule has 0 aromatic rings. The second-order valence-electron chi connectivity index (χ2n) is 3.78. The summed E-state index contributed by atoms with van der Waals surface area (Å²) in [6, 6.07) is 0. The van der Waals surface area contributed by atoms with E-state index in [0.717, 1.165) is 6.42 Å². The van der Waals surface area contributed by atoms with E-state index in [4.69, 9.17) is 9.79 Å². The lowest BCUT2D eigenvalue weighted by molar-refractivity contribution is 0.337. The summed E-state index contributed by atoms with van der Waals surface area (Å²) in [5, 5.41) is 3.13. The van der Waals surface area contributed by atoms with Gasteiger partial charge in [0, 0.05) is 4.75 Å². The van der Waals surface area contributed by atoms with Crippen molar-refractivity contribution < 1.29 is 14.4 Å². The summed E-state index contributed by atoms with van der Waals surface area (Å²) in [4.78, 5) is 18.2. The lowest BCUT2D eigenvalue weighted by atomic mass is 10.2. The van der Waals surface area contributed by atoms with Gasteiger partial charge in [-0.3, -0.25) is 9.88 Å². The average Bonchev–Trinajstić information content (AvgIpc) is 2.24. The Morgan fingerprint density at radius 2 is 2.08 bits per heavy atom. The van der Waals surface area contributed by atoms with Crippen LogP contribution >= 0.6 is 19.4 Å². The number of thioether (sulfide) groups is 1. The highest BCUT2D eigenvalue weighted by Gasteiger charge is 2.49. The van der Waals surface area contributed by atoms with Crippen molar-refractivity contribution in [3.05, 3.63) is 0 Å². The molecule has 1 heterocycles. The summed E-state index contributed by atoms with van der Waals surface area (Å²) in [5.74, 6) is -0.713. The molecular weight excluding hydrogens is 209 g/mol. The predicted octanol–water partition coefficient (Wildman–Crippen LogP) is 1.34. The molecule has 0 amide bonds. The number of nitrogens with one attached hydrogen (secondary N) is 1. The monoisotopic (exact) mass is 225 g/mol. The van der Waals surface area contributed by atoms with Gasteiger partial charge in [-0.15, -0.1) is 11.8 Å². The highest BCUT2D eigenvalue weighted by Crippen LogP contribution is 2.54. The van der Waals surface area contributed by atoms with Crippen LogP contribution in [-0.4, -0.2) is 25.7 Å². The highest BCUT2D eigenvalue weighted by molar-refractivity contribution is 8.01. The van der Waals surface area contributed by atoms with Crippen LogP contribution in [0.15, 0.2) is 0 Å². The first-order valence-corrected chi connectivity index (χ1v) is 6.82. The Morgan fingerprint density at radius 3 is 2.31 bits per heavy atom. The van der Waals surface area contributed by atoms with Gasteiger partial charge in [-0.2, -0.15) is 0 Å². The van der Waals surface area contributed by atoms with E-state index in [0.29, 0.717) is 0 Å². The molecule has 0 aliphatic carbocycles. The zero-order valence-corrected chi connectivity index (χ0v) is 9.73. The number of rotatable bonds is 2. The molecule has 1 saturated heterocycles. The van der Waals surface area contributed by atoms with Gasteiger partial charge in [-0.25, -0.2) is 0 Å². The molecule has 1 fully saturated rings. The molecular formula is C7H16NO3PS. The molecule has 13 heavy (non-hydrogen) atoms. The third kappa shape index (κ3) is 2.48. The van der Waals surface area contributed by atoms with Crippen LogP contribution in [0, 0.1) is 0 Å². The van der Waals surface area contributed by atoms with Gasteiger partial charge in [-0.1, -0.05) is 6.92 Å². The molecule has 6 heteroatoms. The molecule has 2 atom stereocenters. The molecule has 0 saturated carbocycles. The zero-order chi connectivity index (χ0) is 10.3. The van der Waals surface area contributed by atoms with Crippen molar-refractivity contribution in [2.75, 3.05) is 0 Å². The first kappa shape index (κ1) is 11.5. The summed E-state index contributed by atoms with van der Waals surface area (Å²) >= 11 is 1.60. The van der Waals surface area contributed by atoms with Gasteiger partial charge in [0.2, 0.25) is 0 Å². The molecule has 1 aliphatic rings. The molecule has 1 rings (SSSR count). The highest BCUT2D eigenvalue weighted by atomic mass is 32.2. The van der Waals surface area contributed by atoms with Crippen molar-refractivity contribution in [3.63, 3.8) is 0 Å². The largest absolute Gasteiger partial charge is 0.343 e. The third-order valence-corrected chi connectivity index (χ3v) is 5.39. The van der Waals surface area contributed by atoms with Crippen LogP contribution in [0.3, 0.4) is 0 Å². The minimum atomic E-state index is -4.02. The van der Waals surface area contributed by atoms with Gasteiger partial charge in [-0.05, 0) is 20.3 Å². The molecule has 4 nitrogen and oxygen atoms in total. The Balaban J connectivity index is 2.82. The van der Waals surface area contributed by atoms with Crippen LogP contribution in [0.1, 0.15) is 27.2 Å². The van der Waals surface area contributed by atoms with E-state index in [2.05, 4.69) is 5.32 Å². The Bertz CT molecular complexity index is 240. The Morgan fingerprint density at radius 1 is 1.54 bits per heavy atom. The zero-order valence-electron chi connectivity index (χ0n) is 8.02. The fourth-order valence-corrected chi connectivity index (χ4v) is 4.73. The van der Waals surface area contributed by atoms with E-state index in [1.54, 1.807) is 11.8 Å². The van der Waals surface area contributed by atoms with E-state index in [1.807, 2.05) is 20.8 Å². The average molecular weight is 225 g/mol. The molecule has 1 aliphatic heterocycles. The van der Waals surface area contributed by atoms with Crippen molar-refractivity contribution in [3.8, 4) is 0 Å². The summed E-state index contributed by atoms with van der Waals surface area (Å²) in [6.07, 6.45) is 0.880. The SMILES string of the molecule is CCC1NC(P(=O)(O)O)C(C)(C)S1. The van der Waals surface area contributed by atoms with E-state index in [9.17, 15) is 4.57 Å². The standard InChI is InChI=1S/C7H16NO3PS/c1-4-5-8-6(12(9,10)11)7(2,3)13-5/h5-6,8H,4H2,1-3H3,(H2,9,10,11). The van der Waals surface area contributed by atoms with Crippen molar-refractivity contribution in [2.45, 2.75) is 43.1 Å². The van der Waals surface area contributed by atoms with Crippen LogP contribution < -0.4 is 5.32 Å². The van der Waals surface area contributed by atoms with E-state index >= 15 is 0 Å². The van der Waals surface area contributed by atoms with Gasteiger partial charge >= 0.3 is 7.60 Å². The predicted molar refractivity (Wildman–Crippen MR) is 54.7 cm³/mol. The maximum Gasteiger partial charge on any atom is 0.343 e. The van der Waals surface area contributed by atoms with Crippen LogP contribution in [0.2, 0.25) is 0 Å². The third-order valence-electron chi connectivity index (χ3n) is 2.16. The second kappa shape index (κ2) is 3.55. The Labute approximate surface area is 82.6 Å². The van der Waals surface area contributed by atoms with Crippen LogP contribution in [-0.2, 0) is 4.57 Å². The Kier molecular flexibility index (Phi) is 3.15. The van der Waals surface area contributed by atoms with Gasteiger partial charge in [0.25, 0.3) is 0 Å². The molecule has 0 aromatic heterocycles. The lowest BCUT2D eigenvalue weighted by Crippen LogP contribution is -2.37. The fraction of sp³-hybridized carbons (Fsp3) is 1.00. The van der Waals surface area contributed by atoms with Crippen molar-refractivity contribution in [1.29, 1.82) is 0 Å². The first-order valence-electron chi connectivity index (χ1n) is 4.26. The maximum atomic E-state index is 11.1. The quantitative estimate of drug-likeness (QED) is 0.619. The van der Waals surface area contributed by atoms with Crippen LogP contribution in [0.4, 0.5) is 0 Å². The van der Waals surface area contributed by atoms with Crippen molar-refractivity contribution >= 4 is 19.4 Å². The molecule has 2 unspecified atom stereocenters. The first-order chi connectivity index (χ1) is 5.77. The normalized spacial score (nSPS) is 33.6. The van der Waals surface area contributed by atoms with Crippen LogP contribution in [0.25, 0.3) is 0 Å². The summed E-state index contributed by atoms with van der Waals surface area (Å²) in [6.45, 7) is 5.73. The second-order valence-corrected chi connectivity index (χ2v) is 7.33. The Hall–Kier alpha value is 0.460. The molecule has 0 bridgehead atoms. The van der Waals surface area contributed by atoms with Gasteiger partial charge < -0.3 is 9.79 Å². The van der Waals surface area contributed by atoms with Crippen molar-refractivity contribution in [1.82, 2.24) is 5.32 Å². The van der Waals surface area contributed by atoms with E-state index in [-0.39, 0.29) is 10.1 Å². The molecule has 0 radical (unpaired) electrons. The van der Waals surface area contributed by atoms with Gasteiger partial charge in [0.15, 0.2) is 0 Å². The van der Waals surface area contributed by atoms with E-state index in [1.165, 1.54) is 0 Å². The van der Waals surface area contributed by atoms with E-state index < -0.39 is 13.4 Å². The smallest absolute Gasteiger partial charge is 0.323 e. The lowest BCUT2D eigenvalue weighted by Gasteiger charge is -2.25. The summed E-state index contributed by atoms with van der Waals surface area (Å²) < 4.78 is 10.7.